The van der Waals surface area contributed by atoms with Crippen molar-refractivity contribution < 1.29 is 0 Å². The summed E-state index contributed by atoms with van der Waals surface area (Å²) < 4.78 is 0. The van der Waals surface area contributed by atoms with Crippen LogP contribution in [0.25, 0.3) is 0 Å². The van der Waals surface area contributed by atoms with E-state index in [0.29, 0.717) is 23.9 Å². The first-order chi connectivity index (χ1) is 9.20. The first kappa shape index (κ1) is 13.6. The van der Waals surface area contributed by atoms with E-state index in [4.69, 9.17) is 5.73 Å². The third-order valence-corrected chi connectivity index (χ3v) is 3.07. The molecule has 1 saturated heterocycles. The molecule has 7 nitrogen and oxygen atoms in total. The Morgan fingerprint density at radius 3 is 2.68 bits per heavy atom. The number of rotatable bonds is 5. The molecule has 4 N–H and O–H groups in total. The summed E-state index contributed by atoms with van der Waals surface area (Å²) in [5.74, 6) is 1.28. The Morgan fingerprint density at radius 2 is 2.00 bits per heavy atom. The fourth-order valence-electron chi connectivity index (χ4n) is 1.86. The molecule has 1 aromatic heterocycles. The summed E-state index contributed by atoms with van der Waals surface area (Å²) in [7, 11) is 2.12. The smallest absolute Gasteiger partial charge is 0.169 e. The molecule has 0 saturated carbocycles. The Hall–Kier alpha value is -1.86. The van der Waals surface area contributed by atoms with Gasteiger partial charge >= 0.3 is 0 Å². The van der Waals surface area contributed by atoms with Gasteiger partial charge in [-0.2, -0.15) is 0 Å². The van der Waals surface area contributed by atoms with Gasteiger partial charge in [-0.15, -0.1) is 6.58 Å². The minimum absolute atomic E-state index is 0.531. The number of likely N-dealkylation sites (N-methyl/N-ethyl adjacent to an activating group) is 1. The predicted molar refractivity (Wildman–Crippen MR) is 77.8 cm³/mol. The van der Waals surface area contributed by atoms with Gasteiger partial charge in [0.15, 0.2) is 11.6 Å². The molecule has 0 radical (unpaired) electrons. The number of nitrogen functional groups attached to an aromatic ring is 1. The quantitative estimate of drug-likeness (QED) is 0.656. The number of nitrogens with zero attached hydrogens (tertiary/aromatic N) is 4. The SMILES string of the molecule is C=CCNc1ncnc(NN2CCN(C)CC2)c1N. The van der Waals surface area contributed by atoms with Crippen molar-refractivity contribution in [2.75, 3.05) is 56.2 Å². The number of hydrogen-bond acceptors (Lipinski definition) is 7. The van der Waals surface area contributed by atoms with Gasteiger partial charge < -0.3 is 21.4 Å². The lowest BCUT2D eigenvalue weighted by Gasteiger charge is -2.32. The van der Waals surface area contributed by atoms with Crippen molar-refractivity contribution in [1.29, 1.82) is 0 Å². The molecular formula is C12H21N7. The van der Waals surface area contributed by atoms with Crippen molar-refractivity contribution in [3.8, 4) is 0 Å². The highest BCUT2D eigenvalue weighted by atomic mass is 15.5. The summed E-state index contributed by atoms with van der Waals surface area (Å²) in [5, 5.41) is 5.21. The van der Waals surface area contributed by atoms with Gasteiger partial charge in [0.25, 0.3) is 0 Å². The van der Waals surface area contributed by atoms with E-state index in [2.05, 4.69) is 44.2 Å². The van der Waals surface area contributed by atoms with Crippen molar-refractivity contribution >= 4 is 17.3 Å². The number of hydrogen-bond donors (Lipinski definition) is 3. The van der Waals surface area contributed by atoms with Crippen molar-refractivity contribution in [2.24, 2.45) is 0 Å². The molecule has 0 aromatic carbocycles. The normalized spacial score (nSPS) is 17.1. The number of nitrogens with one attached hydrogen (secondary N) is 2. The van der Waals surface area contributed by atoms with Crippen molar-refractivity contribution in [3.05, 3.63) is 19.0 Å². The summed E-state index contributed by atoms with van der Waals surface area (Å²) in [5.41, 5.74) is 9.83. The molecule has 1 fully saturated rings. The molecule has 2 heterocycles. The zero-order valence-corrected chi connectivity index (χ0v) is 11.3. The standard InChI is InChI=1S/C12H21N7/c1-3-4-14-11-10(13)12(16-9-15-11)17-19-7-5-18(2)6-8-19/h3,9H,1,4-8,13H2,2H3,(H2,14,15,16,17). The molecule has 0 amide bonds. The first-order valence-electron chi connectivity index (χ1n) is 6.36. The van der Waals surface area contributed by atoms with Gasteiger partial charge in [-0.1, -0.05) is 6.08 Å². The highest BCUT2D eigenvalue weighted by Crippen LogP contribution is 2.22. The minimum atomic E-state index is 0.531. The van der Waals surface area contributed by atoms with Crippen LogP contribution in [0.3, 0.4) is 0 Å². The van der Waals surface area contributed by atoms with E-state index in [0.717, 1.165) is 26.2 Å². The lowest BCUT2D eigenvalue weighted by molar-refractivity contribution is 0.178. The van der Waals surface area contributed by atoms with Gasteiger partial charge in [-0.3, -0.25) is 0 Å². The Bertz CT molecular complexity index is 426. The molecular weight excluding hydrogens is 242 g/mol. The topological polar surface area (TPSA) is 82.3 Å². The molecule has 19 heavy (non-hydrogen) atoms. The number of aromatic nitrogens is 2. The van der Waals surface area contributed by atoms with E-state index in [1.165, 1.54) is 6.33 Å². The first-order valence-corrected chi connectivity index (χ1v) is 6.36. The van der Waals surface area contributed by atoms with E-state index >= 15 is 0 Å². The van der Waals surface area contributed by atoms with E-state index in [1.807, 2.05) is 0 Å². The Labute approximate surface area is 113 Å². The van der Waals surface area contributed by atoms with Gasteiger partial charge in [0, 0.05) is 32.7 Å². The molecule has 1 aliphatic heterocycles. The fourth-order valence-corrected chi connectivity index (χ4v) is 1.86. The van der Waals surface area contributed by atoms with Gasteiger partial charge in [-0.05, 0) is 7.05 Å². The van der Waals surface area contributed by atoms with Crippen LogP contribution in [0.15, 0.2) is 19.0 Å². The van der Waals surface area contributed by atoms with Gasteiger partial charge in [0.2, 0.25) is 0 Å². The zero-order chi connectivity index (χ0) is 13.7. The Morgan fingerprint density at radius 1 is 1.32 bits per heavy atom. The van der Waals surface area contributed by atoms with Gasteiger partial charge in [0.1, 0.15) is 12.0 Å². The maximum Gasteiger partial charge on any atom is 0.169 e. The van der Waals surface area contributed by atoms with Crippen LogP contribution in [-0.2, 0) is 0 Å². The number of piperazine rings is 1. The summed E-state index contributed by atoms with van der Waals surface area (Å²) in [6.07, 6.45) is 3.26. The zero-order valence-electron chi connectivity index (χ0n) is 11.3. The summed E-state index contributed by atoms with van der Waals surface area (Å²) in [6.45, 7) is 8.21. The third-order valence-electron chi connectivity index (χ3n) is 3.07. The summed E-state index contributed by atoms with van der Waals surface area (Å²) in [4.78, 5) is 10.6. The molecule has 0 spiro atoms. The van der Waals surface area contributed by atoms with Crippen LogP contribution >= 0.6 is 0 Å². The average Bonchev–Trinajstić information content (AvgIpc) is 2.42. The van der Waals surface area contributed by atoms with Crippen LogP contribution in [0.4, 0.5) is 17.3 Å². The van der Waals surface area contributed by atoms with Gasteiger partial charge in [0.05, 0.1) is 0 Å². The van der Waals surface area contributed by atoms with E-state index in [9.17, 15) is 0 Å². The summed E-state index contributed by atoms with van der Waals surface area (Å²) >= 11 is 0. The van der Waals surface area contributed by atoms with E-state index in [1.54, 1.807) is 6.08 Å². The van der Waals surface area contributed by atoms with Crippen molar-refractivity contribution in [2.45, 2.75) is 0 Å². The molecule has 0 bridgehead atoms. The number of hydrazine groups is 1. The second kappa shape index (κ2) is 6.35. The van der Waals surface area contributed by atoms with Crippen molar-refractivity contribution in [3.63, 3.8) is 0 Å². The number of nitrogens with two attached hydrogens (primary N) is 1. The maximum absolute atomic E-state index is 6.05. The highest BCUT2D eigenvalue weighted by molar-refractivity contribution is 5.73. The third kappa shape index (κ3) is 3.55. The largest absolute Gasteiger partial charge is 0.393 e. The van der Waals surface area contributed by atoms with Gasteiger partial charge in [-0.25, -0.2) is 15.0 Å². The molecule has 1 aromatic rings. The molecule has 104 valence electrons. The Balaban J connectivity index is 2.01. The van der Waals surface area contributed by atoms with Crippen LogP contribution in [0.5, 0.6) is 0 Å². The van der Waals surface area contributed by atoms with E-state index < -0.39 is 0 Å². The fraction of sp³-hybridized carbons (Fsp3) is 0.500. The van der Waals surface area contributed by atoms with E-state index in [-0.39, 0.29) is 0 Å². The van der Waals surface area contributed by atoms with Crippen LogP contribution in [0, 0.1) is 0 Å². The second-order valence-corrected chi connectivity index (χ2v) is 4.56. The molecule has 7 heteroatoms. The lowest BCUT2D eigenvalue weighted by atomic mass is 10.4. The van der Waals surface area contributed by atoms with Crippen LogP contribution in [0.1, 0.15) is 0 Å². The lowest BCUT2D eigenvalue weighted by Crippen LogP contribution is -2.47. The van der Waals surface area contributed by atoms with Crippen LogP contribution < -0.4 is 16.5 Å². The Kier molecular flexibility index (Phi) is 4.53. The average molecular weight is 263 g/mol. The molecule has 1 aliphatic rings. The van der Waals surface area contributed by atoms with Crippen LogP contribution in [-0.4, -0.2) is 59.6 Å². The minimum Gasteiger partial charge on any atom is -0.393 e. The molecule has 0 unspecified atom stereocenters. The second-order valence-electron chi connectivity index (χ2n) is 4.56. The maximum atomic E-state index is 6.05. The summed E-state index contributed by atoms with van der Waals surface area (Å²) in [6, 6.07) is 0. The number of anilines is 3. The van der Waals surface area contributed by atoms with Crippen molar-refractivity contribution in [1.82, 2.24) is 19.9 Å². The molecule has 0 aliphatic carbocycles. The van der Waals surface area contributed by atoms with Crippen LogP contribution in [0.2, 0.25) is 0 Å². The highest BCUT2D eigenvalue weighted by Gasteiger charge is 2.16. The molecule has 0 atom stereocenters. The monoisotopic (exact) mass is 263 g/mol. The molecule has 2 rings (SSSR count). The predicted octanol–water partition coefficient (Wildman–Crippen LogP) is 0.231.